The molecule has 0 atom stereocenters. The minimum atomic E-state index is -0.418. The minimum absolute atomic E-state index is 0.185. The molecule has 0 bridgehead atoms. The number of aromatic nitrogens is 2. The Kier molecular flexibility index (Phi) is 5.29. The van der Waals surface area contributed by atoms with Crippen LogP contribution in [-0.4, -0.2) is 16.2 Å². The summed E-state index contributed by atoms with van der Waals surface area (Å²) in [5, 5.41) is 3.08. The molecule has 1 aliphatic heterocycles. The maximum Gasteiger partial charge on any atom is 0.262 e. The third kappa shape index (κ3) is 3.72. The van der Waals surface area contributed by atoms with E-state index >= 15 is 0 Å². The van der Waals surface area contributed by atoms with Crippen LogP contribution in [0.5, 0.6) is 5.75 Å². The fraction of sp³-hybridized carbons (Fsp3) is 0.273. The zero-order valence-corrected chi connectivity index (χ0v) is 16.0. The Bertz CT molecular complexity index is 1110. The van der Waals surface area contributed by atoms with Crippen LogP contribution in [0.2, 0.25) is 0 Å². The van der Waals surface area contributed by atoms with E-state index < -0.39 is 5.82 Å². The Morgan fingerprint density at radius 1 is 1.24 bits per heavy atom. The quantitative estimate of drug-likeness (QED) is 0.703. The zero-order chi connectivity index (χ0) is 20.4. The Labute approximate surface area is 167 Å². The number of hydrogen-bond acceptors (Lipinski definition) is 4. The van der Waals surface area contributed by atoms with Crippen LogP contribution < -0.4 is 15.6 Å². The second kappa shape index (κ2) is 8.03. The first kappa shape index (κ1) is 19.1. The molecule has 0 saturated carbocycles. The molecular weight excluding hydrogens is 376 g/mol. The number of benzene rings is 2. The van der Waals surface area contributed by atoms with Crippen molar-refractivity contribution in [3.05, 3.63) is 75.7 Å². The monoisotopic (exact) mass is 397 g/mol. The third-order valence-corrected chi connectivity index (χ3v) is 5.08. The molecule has 1 aromatic heterocycles. The van der Waals surface area contributed by atoms with E-state index in [2.05, 4.69) is 10.3 Å². The molecule has 0 radical (unpaired) electrons. The molecule has 0 saturated heterocycles. The van der Waals surface area contributed by atoms with E-state index in [0.29, 0.717) is 41.5 Å². The van der Waals surface area contributed by atoms with Crippen molar-refractivity contribution in [2.75, 3.05) is 11.9 Å². The lowest BCUT2D eigenvalue weighted by Crippen LogP contribution is -2.26. The van der Waals surface area contributed by atoms with Crippen LogP contribution in [0.1, 0.15) is 24.5 Å². The first-order valence-electron chi connectivity index (χ1n) is 9.61. The average molecular weight is 397 g/mol. The second-order valence-corrected chi connectivity index (χ2v) is 6.86. The van der Waals surface area contributed by atoms with Gasteiger partial charge in [0.25, 0.3) is 5.56 Å². The van der Waals surface area contributed by atoms with Crippen LogP contribution in [0.4, 0.5) is 14.7 Å². The van der Waals surface area contributed by atoms with Crippen molar-refractivity contribution in [3.8, 4) is 16.9 Å². The largest absolute Gasteiger partial charge is 0.493 e. The standard InChI is InChI=1S/C22H21F2N3O2/c1-2-27-21(28)17(14-5-3-6-15(23)11-14)12-25-22(27)26-13-18-16-7-4-10-29-20(16)9-8-19(18)24/h3,5-6,8-9,11-12H,2,4,7,10,13H2,1H3,(H,25,26). The summed E-state index contributed by atoms with van der Waals surface area (Å²) < 4.78 is 35.1. The minimum Gasteiger partial charge on any atom is -0.493 e. The number of nitrogens with one attached hydrogen (secondary N) is 1. The van der Waals surface area contributed by atoms with E-state index in [1.54, 1.807) is 18.2 Å². The van der Waals surface area contributed by atoms with E-state index in [9.17, 15) is 13.6 Å². The molecule has 7 heteroatoms. The highest BCUT2D eigenvalue weighted by molar-refractivity contribution is 5.62. The topological polar surface area (TPSA) is 56.1 Å². The fourth-order valence-corrected chi connectivity index (χ4v) is 3.62. The number of halogens is 2. The maximum absolute atomic E-state index is 14.4. The summed E-state index contributed by atoms with van der Waals surface area (Å²) in [5.74, 6) is 0.311. The highest BCUT2D eigenvalue weighted by Crippen LogP contribution is 2.30. The Morgan fingerprint density at radius 3 is 2.90 bits per heavy atom. The summed E-state index contributed by atoms with van der Waals surface area (Å²) in [6.07, 6.45) is 3.01. The first-order chi connectivity index (χ1) is 14.1. The van der Waals surface area contributed by atoms with E-state index in [1.165, 1.54) is 29.0 Å². The molecular formula is C22H21F2N3O2. The number of ether oxygens (including phenoxy) is 1. The highest BCUT2D eigenvalue weighted by Gasteiger charge is 2.19. The van der Waals surface area contributed by atoms with Gasteiger partial charge >= 0.3 is 0 Å². The van der Waals surface area contributed by atoms with Gasteiger partial charge in [-0.1, -0.05) is 12.1 Å². The number of anilines is 1. The molecule has 3 aromatic rings. The summed E-state index contributed by atoms with van der Waals surface area (Å²) in [6.45, 7) is 3.01. The van der Waals surface area contributed by atoms with Gasteiger partial charge in [-0.15, -0.1) is 0 Å². The van der Waals surface area contributed by atoms with Gasteiger partial charge in [-0.25, -0.2) is 13.8 Å². The zero-order valence-electron chi connectivity index (χ0n) is 16.0. The van der Waals surface area contributed by atoms with E-state index in [1.807, 2.05) is 6.92 Å². The lowest BCUT2D eigenvalue weighted by atomic mass is 9.99. The van der Waals surface area contributed by atoms with E-state index in [0.717, 1.165) is 18.4 Å². The van der Waals surface area contributed by atoms with E-state index in [-0.39, 0.29) is 17.9 Å². The smallest absolute Gasteiger partial charge is 0.262 e. The van der Waals surface area contributed by atoms with Gasteiger partial charge in [0.2, 0.25) is 5.95 Å². The van der Waals surface area contributed by atoms with Crippen LogP contribution in [0.3, 0.4) is 0 Å². The van der Waals surface area contributed by atoms with Crippen LogP contribution in [0.25, 0.3) is 11.1 Å². The molecule has 0 spiro atoms. The molecule has 2 heterocycles. The summed E-state index contributed by atoms with van der Waals surface area (Å²) in [7, 11) is 0. The molecule has 0 aliphatic carbocycles. The molecule has 0 amide bonds. The Hall–Kier alpha value is -3.22. The lowest BCUT2D eigenvalue weighted by Gasteiger charge is -2.21. The number of nitrogens with zero attached hydrogens (tertiary/aromatic N) is 2. The Balaban J connectivity index is 1.65. The molecule has 2 aromatic carbocycles. The van der Waals surface area contributed by atoms with Crippen LogP contribution in [0.15, 0.2) is 47.4 Å². The van der Waals surface area contributed by atoms with Crippen molar-refractivity contribution in [3.63, 3.8) is 0 Å². The van der Waals surface area contributed by atoms with Crippen molar-refractivity contribution in [1.29, 1.82) is 0 Å². The molecule has 4 rings (SSSR count). The van der Waals surface area contributed by atoms with Gasteiger partial charge in [-0.2, -0.15) is 0 Å². The van der Waals surface area contributed by atoms with E-state index in [4.69, 9.17) is 4.74 Å². The van der Waals surface area contributed by atoms with Gasteiger partial charge < -0.3 is 10.1 Å². The van der Waals surface area contributed by atoms with Crippen LogP contribution >= 0.6 is 0 Å². The Morgan fingerprint density at radius 2 is 2.10 bits per heavy atom. The van der Waals surface area contributed by atoms with Crippen molar-refractivity contribution < 1.29 is 13.5 Å². The normalized spacial score (nSPS) is 12.9. The fourth-order valence-electron chi connectivity index (χ4n) is 3.62. The SMILES string of the molecule is CCn1c(NCc2c(F)ccc3c2CCCO3)ncc(-c2cccc(F)c2)c1=O. The average Bonchev–Trinajstić information content (AvgIpc) is 2.73. The predicted octanol–water partition coefficient (Wildman–Crippen LogP) is 4.15. The van der Waals surface area contributed by atoms with Gasteiger partial charge in [-0.3, -0.25) is 9.36 Å². The molecule has 150 valence electrons. The first-order valence-corrected chi connectivity index (χ1v) is 9.61. The molecule has 1 aliphatic rings. The van der Waals surface area contributed by atoms with Crippen LogP contribution in [-0.2, 0) is 19.5 Å². The summed E-state index contributed by atoms with van der Waals surface area (Å²) in [4.78, 5) is 17.3. The highest BCUT2D eigenvalue weighted by atomic mass is 19.1. The van der Waals surface area contributed by atoms with Gasteiger partial charge in [0.05, 0.1) is 12.2 Å². The van der Waals surface area contributed by atoms with Crippen molar-refractivity contribution in [1.82, 2.24) is 9.55 Å². The van der Waals surface area contributed by atoms with Gasteiger partial charge in [0.1, 0.15) is 17.4 Å². The van der Waals surface area contributed by atoms with Crippen molar-refractivity contribution in [2.24, 2.45) is 0 Å². The summed E-state index contributed by atoms with van der Waals surface area (Å²) >= 11 is 0. The van der Waals surface area contributed by atoms with Gasteiger partial charge in [0, 0.05) is 30.4 Å². The summed E-state index contributed by atoms with van der Waals surface area (Å²) in [5.41, 5.74) is 1.87. The third-order valence-electron chi connectivity index (χ3n) is 5.08. The molecule has 0 fully saturated rings. The predicted molar refractivity (Wildman–Crippen MR) is 107 cm³/mol. The van der Waals surface area contributed by atoms with Crippen LogP contribution in [0, 0.1) is 11.6 Å². The summed E-state index contributed by atoms with van der Waals surface area (Å²) in [6, 6.07) is 8.90. The van der Waals surface area contributed by atoms with Crippen molar-refractivity contribution in [2.45, 2.75) is 32.9 Å². The molecule has 29 heavy (non-hydrogen) atoms. The number of fused-ring (bicyclic) bond motifs is 1. The van der Waals surface area contributed by atoms with Gasteiger partial charge in [0.15, 0.2) is 0 Å². The molecule has 5 nitrogen and oxygen atoms in total. The van der Waals surface area contributed by atoms with Crippen molar-refractivity contribution >= 4 is 5.95 Å². The molecule has 1 N–H and O–H groups in total. The maximum atomic E-state index is 14.4. The second-order valence-electron chi connectivity index (χ2n) is 6.86. The number of rotatable bonds is 5. The molecule has 0 unspecified atom stereocenters. The lowest BCUT2D eigenvalue weighted by molar-refractivity contribution is 0.286. The van der Waals surface area contributed by atoms with Gasteiger partial charge in [-0.05, 0) is 49.6 Å². The number of hydrogen-bond donors (Lipinski definition) is 1.